The van der Waals surface area contributed by atoms with E-state index in [1.165, 1.54) is 0 Å². The molecule has 0 unspecified atom stereocenters. The maximum atomic E-state index is 11.8. The Bertz CT molecular complexity index is 717. The maximum absolute atomic E-state index is 11.8. The van der Waals surface area contributed by atoms with Crippen molar-refractivity contribution in [2.24, 2.45) is 0 Å². The number of carboxylic acids is 1. The number of para-hydroxylation sites is 1. The molecule has 8 heteroatoms. The molecule has 1 aromatic heterocycles. The van der Waals surface area contributed by atoms with Crippen LogP contribution in [-0.4, -0.2) is 35.1 Å². The van der Waals surface area contributed by atoms with Gasteiger partial charge in [-0.3, -0.25) is 4.79 Å². The van der Waals surface area contributed by atoms with Crippen LogP contribution in [0.3, 0.4) is 0 Å². The molecule has 2 aromatic rings. The first-order chi connectivity index (χ1) is 11.0. The summed E-state index contributed by atoms with van der Waals surface area (Å²) in [5.41, 5.74) is 0.423. The van der Waals surface area contributed by atoms with Crippen molar-refractivity contribution in [1.29, 1.82) is 0 Å². The van der Waals surface area contributed by atoms with E-state index in [4.69, 9.17) is 21.4 Å². The van der Waals surface area contributed by atoms with Gasteiger partial charge >= 0.3 is 5.97 Å². The molecule has 0 aliphatic carbocycles. The topological polar surface area (TPSA) is 88.5 Å². The van der Waals surface area contributed by atoms with Gasteiger partial charge in [0.15, 0.2) is 0 Å². The molecular formula is C15H15ClN2O4S. The summed E-state index contributed by atoms with van der Waals surface area (Å²) in [6.07, 6.45) is 0.0465. The number of ether oxygens (including phenoxy) is 1. The van der Waals surface area contributed by atoms with Crippen LogP contribution < -0.4 is 10.1 Å². The first-order valence-electron chi connectivity index (χ1n) is 6.81. The van der Waals surface area contributed by atoms with Gasteiger partial charge in [-0.05, 0) is 19.1 Å². The average molecular weight is 355 g/mol. The zero-order valence-corrected chi connectivity index (χ0v) is 13.9. The number of thiazole rings is 1. The number of carbonyl (C=O) groups excluding carboxylic acids is 1. The smallest absolute Gasteiger partial charge is 0.347 e. The number of aryl methyl sites for hydroxylation is 1. The number of amides is 1. The van der Waals surface area contributed by atoms with Crippen LogP contribution in [-0.2, 0) is 11.2 Å². The van der Waals surface area contributed by atoms with Gasteiger partial charge in [0.05, 0.1) is 23.7 Å². The van der Waals surface area contributed by atoms with Gasteiger partial charge in [-0.25, -0.2) is 9.78 Å². The van der Waals surface area contributed by atoms with Crippen LogP contribution >= 0.6 is 22.9 Å². The summed E-state index contributed by atoms with van der Waals surface area (Å²) in [5.74, 6) is -0.705. The van der Waals surface area contributed by atoms with E-state index >= 15 is 0 Å². The van der Waals surface area contributed by atoms with Crippen molar-refractivity contribution < 1.29 is 19.4 Å². The zero-order valence-electron chi connectivity index (χ0n) is 12.3. The van der Waals surface area contributed by atoms with Gasteiger partial charge in [0.2, 0.25) is 5.91 Å². The van der Waals surface area contributed by atoms with Crippen molar-refractivity contribution in [3.05, 3.63) is 44.9 Å². The molecule has 0 fully saturated rings. The van der Waals surface area contributed by atoms with Gasteiger partial charge in [-0.2, -0.15) is 0 Å². The lowest BCUT2D eigenvalue weighted by atomic mass is 10.3. The molecule has 2 N–H and O–H groups in total. The third-order valence-electron chi connectivity index (χ3n) is 2.87. The van der Waals surface area contributed by atoms with E-state index in [2.05, 4.69) is 10.3 Å². The van der Waals surface area contributed by atoms with E-state index < -0.39 is 5.97 Å². The summed E-state index contributed by atoms with van der Waals surface area (Å²) in [6, 6.07) is 7.08. The van der Waals surface area contributed by atoms with E-state index in [-0.39, 0.29) is 23.8 Å². The van der Waals surface area contributed by atoms with Gasteiger partial charge in [0.1, 0.15) is 22.2 Å². The largest absolute Gasteiger partial charge is 0.490 e. The van der Waals surface area contributed by atoms with Crippen molar-refractivity contribution in [2.45, 2.75) is 13.3 Å². The lowest BCUT2D eigenvalue weighted by Gasteiger charge is -2.08. The van der Waals surface area contributed by atoms with Crippen LogP contribution in [0.15, 0.2) is 24.3 Å². The molecule has 1 amide bonds. The molecular weight excluding hydrogens is 340 g/mol. The first-order valence-corrected chi connectivity index (χ1v) is 8.00. The first kappa shape index (κ1) is 17.2. The normalized spacial score (nSPS) is 10.3. The highest BCUT2D eigenvalue weighted by atomic mass is 35.5. The van der Waals surface area contributed by atoms with E-state index in [0.29, 0.717) is 28.0 Å². The quantitative estimate of drug-likeness (QED) is 0.746. The fraction of sp³-hybridized carbons (Fsp3) is 0.267. The Hall–Kier alpha value is -2.12. The molecule has 1 aromatic carbocycles. The van der Waals surface area contributed by atoms with Gasteiger partial charge in [-0.1, -0.05) is 23.7 Å². The summed E-state index contributed by atoms with van der Waals surface area (Å²) >= 11 is 6.96. The summed E-state index contributed by atoms with van der Waals surface area (Å²) in [7, 11) is 0. The minimum absolute atomic E-state index is 0.0465. The van der Waals surface area contributed by atoms with Gasteiger partial charge in [-0.15, -0.1) is 11.3 Å². The number of nitrogens with one attached hydrogen (secondary N) is 1. The van der Waals surface area contributed by atoms with Crippen LogP contribution in [0, 0.1) is 6.92 Å². The average Bonchev–Trinajstić information content (AvgIpc) is 2.86. The molecule has 2 rings (SSSR count). The second-order valence-electron chi connectivity index (χ2n) is 4.63. The molecule has 0 saturated carbocycles. The fourth-order valence-corrected chi connectivity index (χ4v) is 2.93. The number of rotatable bonds is 7. The third kappa shape index (κ3) is 4.94. The van der Waals surface area contributed by atoms with Gasteiger partial charge < -0.3 is 15.2 Å². The molecule has 0 spiro atoms. The van der Waals surface area contributed by atoms with Gasteiger partial charge in [0.25, 0.3) is 0 Å². The fourth-order valence-electron chi connectivity index (χ4n) is 1.84. The highest BCUT2D eigenvalue weighted by molar-refractivity contribution is 7.13. The van der Waals surface area contributed by atoms with E-state index in [0.717, 1.165) is 11.3 Å². The molecule has 0 aliphatic heterocycles. The molecule has 23 heavy (non-hydrogen) atoms. The molecule has 0 saturated heterocycles. The minimum atomic E-state index is -1.03. The van der Waals surface area contributed by atoms with Crippen molar-refractivity contribution in [3.8, 4) is 5.75 Å². The number of carbonyl (C=O) groups is 2. The van der Waals surface area contributed by atoms with Crippen LogP contribution in [0.5, 0.6) is 5.75 Å². The Labute approximate surface area is 142 Å². The number of nitrogens with zero attached hydrogens (tertiary/aromatic N) is 1. The Morgan fingerprint density at radius 3 is 2.78 bits per heavy atom. The minimum Gasteiger partial charge on any atom is -0.490 e. The maximum Gasteiger partial charge on any atom is 0.347 e. The van der Waals surface area contributed by atoms with Crippen LogP contribution in [0.2, 0.25) is 5.02 Å². The molecule has 0 aliphatic rings. The summed E-state index contributed by atoms with van der Waals surface area (Å²) < 4.78 is 5.45. The number of benzene rings is 1. The van der Waals surface area contributed by atoms with Crippen molar-refractivity contribution in [2.75, 3.05) is 13.2 Å². The number of hydrogen-bond donors (Lipinski definition) is 2. The predicted octanol–water partition coefficient (Wildman–Crippen LogP) is 2.54. The highest BCUT2D eigenvalue weighted by Crippen LogP contribution is 2.22. The standard InChI is InChI=1S/C15H15ClN2O4S/c1-9-14(15(20)21)23-13(18-9)8-12(19)17-6-7-22-11-5-3-2-4-10(11)16/h2-5H,6-8H2,1H3,(H,17,19)(H,20,21). The number of aromatic nitrogens is 1. The summed E-state index contributed by atoms with van der Waals surface area (Å²) in [4.78, 5) is 27.0. The van der Waals surface area contributed by atoms with E-state index in [1.54, 1.807) is 25.1 Å². The molecule has 1 heterocycles. The SMILES string of the molecule is Cc1nc(CC(=O)NCCOc2ccccc2Cl)sc1C(=O)O. The number of hydrogen-bond acceptors (Lipinski definition) is 5. The lowest BCUT2D eigenvalue weighted by Crippen LogP contribution is -2.29. The Balaban J connectivity index is 1.76. The second-order valence-corrected chi connectivity index (χ2v) is 6.12. The summed E-state index contributed by atoms with van der Waals surface area (Å²) in [6.45, 7) is 2.21. The monoisotopic (exact) mass is 354 g/mol. The van der Waals surface area contributed by atoms with Crippen molar-refractivity contribution >= 4 is 34.8 Å². The third-order valence-corrected chi connectivity index (χ3v) is 4.32. The van der Waals surface area contributed by atoms with Crippen molar-refractivity contribution in [1.82, 2.24) is 10.3 Å². The van der Waals surface area contributed by atoms with Gasteiger partial charge in [0, 0.05) is 0 Å². The summed E-state index contributed by atoms with van der Waals surface area (Å²) in [5, 5.41) is 12.6. The van der Waals surface area contributed by atoms with Crippen LogP contribution in [0.4, 0.5) is 0 Å². The molecule has 0 radical (unpaired) electrons. The van der Waals surface area contributed by atoms with Crippen LogP contribution in [0.1, 0.15) is 20.4 Å². The zero-order chi connectivity index (χ0) is 16.8. The molecule has 0 atom stereocenters. The predicted molar refractivity (Wildman–Crippen MR) is 87.5 cm³/mol. The Morgan fingerprint density at radius 1 is 1.39 bits per heavy atom. The van der Waals surface area contributed by atoms with E-state index in [9.17, 15) is 9.59 Å². The Kier molecular flexibility index (Phi) is 5.95. The second kappa shape index (κ2) is 7.94. The van der Waals surface area contributed by atoms with Crippen LogP contribution in [0.25, 0.3) is 0 Å². The number of aromatic carboxylic acids is 1. The van der Waals surface area contributed by atoms with Crippen molar-refractivity contribution in [3.63, 3.8) is 0 Å². The number of halogens is 1. The number of carboxylic acid groups (broad SMARTS) is 1. The molecule has 0 bridgehead atoms. The van der Waals surface area contributed by atoms with E-state index in [1.807, 2.05) is 6.07 Å². The lowest BCUT2D eigenvalue weighted by molar-refractivity contribution is -0.120. The molecule has 122 valence electrons. The molecule has 6 nitrogen and oxygen atoms in total. The Morgan fingerprint density at radius 2 is 2.13 bits per heavy atom. The highest BCUT2D eigenvalue weighted by Gasteiger charge is 2.15.